The fourth-order valence-electron chi connectivity index (χ4n) is 1.54. The normalized spacial score (nSPS) is 13.7. The number of rotatable bonds is 6. The van der Waals surface area contributed by atoms with E-state index in [4.69, 9.17) is 11.5 Å². The Morgan fingerprint density at radius 3 is 2.44 bits per heavy atom. The molecule has 2 unspecified atom stereocenters. The summed E-state index contributed by atoms with van der Waals surface area (Å²) in [4.78, 5) is 22.3. The third-order valence-electron chi connectivity index (χ3n) is 2.71. The molecule has 5 N–H and O–H groups in total. The number of benzene rings is 1. The summed E-state index contributed by atoms with van der Waals surface area (Å²) < 4.78 is 0. The van der Waals surface area contributed by atoms with Gasteiger partial charge in [-0.05, 0) is 18.9 Å². The molecular weight excluding hydrogens is 230 g/mol. The Morgan fingerprint density at radius 1 is 1.28 bits per heavy atom. The number of nitrogens with two attached hydrogens (primary N) is 2. The van der Waals surface area contributed by atoms with Gasteiger partial charge >= 0.3 is 0 Å². The number of amides is 2. The van der Waals surface area contributed by atoms with Gasteiger partial charge in [0.15, 0.2) is 0 Å². The van der Waals surface area contributed by atoms with Crippen molar-refractivity contribution in [2.75, 3.05) is 0 Å². The van der Waals surface area contributed by atoms with Crippen LogP contribution in [0.4, 0.5) is 0 Å². The molecule has 0 fully saturated rings. The molecule has 5 nitrogen and oxygen atoms in total. The van der Waals surface area contributed by atoms with Gasteiger partial charge in [-0.1, -0.05) is 30.3 Å². The Morgan fingerprint density at radius 2 is 1.89 bits per heavy atom. The van der Waals surface area contributed by atoms with Crippen LogP contribution < -0.4 is 16.8 Å². The van der Waals surface area contributed by atoms with Crippen LogP contribution in [0.15, 0.2) is 30.3 Å². The van der Waals surface area contributed by atoms with Crippen LogP contribution in [-0.2, 0) is 9.59 Å². The third-order valence-corrected chi connectivity index (χ3v) is 2.71. The van der Waals surface area contributed by atoms with Gasteiger partial charge in [-0.25, -0.2) is 0 Å². The molecule has 0 saturated heterocycles. The lowest BCUT2D eigenvalue weighted by Crippen LogP contribution is -2.42. The highest BCUT2D eigenvalue weighted by Crippen LogP contribution is 2.14. The maximum atomic E-state index is 11.5. The summed E-state index contributed by atoms with van der Waals surface area (Å²) in [5.41, 5.74) is 12.0. The molecule has 0 radical (unpaired) electrons. The van der Waals surface area contributed by atoms with Gasteiger partial charge in [-0.15, -0.1) is 0 Å². The zero-order valence-electron chi connectivity index (χ0n) is 10.4. The molecule has 0 aliphatic rings. The van der Waals surface area contributed by atoms with Crippen LogP contribution in [0.3, 0.4) is 0 Å². The first-order chi connectivity index (χ1) is 8.50. The van der Waals surface area contributed by atoms with E-state index in [9.17, 15) is 9.59 Å². The average Bonchev–Trinajstić information content (AvgIpc) is 2.36. The second kappa shape index (κ2) is 6.76. The fraction of sp³-hybridized carbons (Fsp3) is 0.385. The molecular formula is C13H19N3O2. The Balaban J connectivity index is 2.37. The summed E-state index contributed by atoms with van der Waals surface area (Å²) in [6, 6.07) is 8.75. The Bertz CT molecular complexity index is 406. The molecule has 2 atom stereocenters. The second-order valence-electron chi connectivity index (χ2n) is 4.25. The first-order valence-electron chi connectivity index (χ1n) is 5.90. The molecule has 1 aromatic carbocycles. The van der Waals surface area contributed by atoms with Crippen LogP contribution in [0.2, 0.25) is 0 Å². The van der Waals surface area contributed by atoms with Gasteiger partial charge in [0.25, 0.3) is 0 Å². The van der Waals surface area contributed by atoms with E-state index in [0.717, 1.165) is 5.56 Å². The molecule has 98 valence electrons. The van der Waals surface area contributed by atoms with Gasteiger partial charge in [0.1, 0.15) is 6.04 Å². The topological polar surface area (TPSA) is 98.2 Å². The number of carbonyl (C=O) groups is 2. The van der Waals surface area contributed by atoms with E-state index in [2.05, 4.69) is 5.32 Å². The van der Waals surface area contributed by atoms with Crippen molar-refractivity contribution in [2.45, 2.75) is 31.8 Å². The molecule has 0 aliphatic carbocycles. The summed E-state index contributed by atoms with van der Waals surface area (Å²) in [6.45, 7) is 1.55. The molecule has 1 rings (SSSR count). The minimum Gasteiger partial charge on any atom is -0.368 e. The van der Waals surface area contributed by atoms with Crippen molar-refractivity contribution in [3.8, 4) is 0 Å². The maximum absolute atomic E-state index is 11.5. The van der Waals surface area contributed by atoms with Crippen molar-refractivity contribution in [3.63, 3.8) is 0 Å². The highest BCUT2D eigenvalue weighted by Gasteiger charge is 2.13. The number of nitrogens with one attached hydrogen (secondary N) is 1. The standard InChI is InChI=1S/C13H19N3O2/c1-9(13(15)18)16-12(17)8-7-11(14)10-5-3-2-4-6-10/h2-6,9,11H,7-8,14H2,1H3,(H2,15,18)(H,16,17). The Hall–Kier alpha value is -1.88. The number of carbonyl (C=O) groups excluding carboxylic acids is 2. The third kappa shape index (κ3) is 4.55. The lowest BCUT2D eigenvalue weighted by molar-refractivity contribution is -0.127. The van der Waals surface area contributed by atoms with Gasteiger partial charge in [0.2, 0.25) is 11.8 Å². The molecule has 0 heterocycles. The van der Waals surface area contributed by atoms with E-state index in [-0.39, 0.29) is 18.4 Å². The summed E-state index contributed by atoms with van der Waals surface area (Å²) in [5, 5.41) is 2.52. The summed E-state index contributed by atoms with van der Waals surface area (Å²) >= 11 is 0. The largest absolute Gasteiger partial charge is 0.368 e. The fourth-order valence-corrected chi connectivity index (χ4v) is 1.54. The Labute approximate surface area is 107 Å². The van der Waals surface area contributed by atoms with Crippen molar-refractivity contribution in [2.24, 2.45) is 11.5 Å². The molecule has 2 amide bonds. The van der Waals surface area contributed by atoms with Crippen molar-refractivity contribution in [1.82, 2.24) is 5.32 Å². The van der Waals surface area contributed by atoms with E-state index < -0.39 is 11.9 Å². The molecule has 0 aromatic heterocycles. The summed E-state index contributed by atoms with van der Waals surface area (Å²) in [5.74, 6) is -0.761. The Kier molecular flexibility index (Phi) is 5.32. The van der Waals surface area contributed by atoms with Gasteiger partial charge in [0, 0.05) is 12.5 Å². The number of primary amides is 1. The zero-order chi connectivity index (χ0) is 13.5. The van der Waals surface area contributed by atoms with E-state index in [1.807, 2.05) is 30.3 Å². The highest BCUT2D eigenvalue weighted by atomic mass is 16.2. The predicted octanol–water partition coefficient (Wildman–Crippen LogP) is 0.457. The van der Waals surface area contributed by atoms with Crippen molar-refractivity contribution < 1.29 is 9.59 Å². The van der Waals surface area contributed by atoms with Gasteiger partial charge in [0.05, 0.1) is 0 Å². The van der Waals surface area contributed by atoms with Crippen molar-refractivity contribution >= 4 is 11.8 Å². The van der Waals surface area contributed by atoms with Crippen LogP contribution in [-0.4, -0.2) is 17.9 Å². The molecule has 1 aromatic rings. The number of hydrogen-bond acceptors (Lipinski definition) is 3. The molecule has 0 aliphatic heterocycles. The molecule has 0 spiro atoms. The highest BCUT2D eigenvalue weighted by molar-refractivity contribution is 5.86. The van der Waals surface area contributed by atoms with Crippen LogP contribution in [0.25, 0.3) is 0 Å². The average molecular weight is 249 g/mol. The van der Waals surface area contributed by atoms with E-state index in [0.29, 0.717) is 6.42 Å². The predicted molar refractivity (Wildman–Crippen MR) is 69.4 cm³/mol. The summed E-state index contributed by atoms with van der Waals surface area (Å²) in [7, 11) is 0. The number of hydrogen-bond donors (Lipinski definition) is 3. The van der Waals surface area contributed by atoms with Crippen molar-refractivity contribution in [1.29, 1.82) is 0 Å². The van der Waals surface area contributed by atoms with E-state index in [1.165, 1.54) is 0 Å². The first-order valence-corrected chi connectivity index (χ1v) is 5.90. The smallest absolute Gasteiger partial charge is 0.239 e. The summed E-state index contributed by atoms with van der Waals surface area (Å²) in [6.07, 6.45) is 0.801. The van der Waals surface area contributed by atoms with E-state index in [1.54, 1.807) is 6.92 Å². The van der Waals surface area contributed by atoms with Gasteiger partial charge in [-0.2, -0.15) is 0 Å². The van der Waals surface area contributed by atoms with Crippen molar-refractivity contribution in [3.05, 3.63) is 35.9 Å². The van der Waals surface area contributed by atoms with Crippen LogP contribution in [0.5, 0.6) is 0 Å². The minimum atomic E-state index is -0.648. The van der Waals surface area contributed by atoms with Crippen LogP contribution >= 0.6 is 0 Å². The van der Waals surface area contributed by atoms with Gasteiger partial charge < -0.3 is 16.8 Å². The first kappa shape index (κ1) is 14.2. The lowest BCUT2D eigenvalue weighted by Gasteiger charge is -2.13. The van der Waals surface area contributed by atoms with Crippen LogP contribution in [0, 0.1) is 0 Å². The second-order valence-corrected chi connectivity index (χ2v) is 4.25. The molecule has 18 heavy (non-hydrogen) atoms. The monoisotopic (exact) mass is 249 g/mol. The maximum Gasteiger partial charge on any atom is 0.239 e. The van der Waals surface area contributed by atoms with E-state index >= 15 is 0 Å². The quantitative estimate of drug-likeness (QED) is 0.683. The van der Waals surface area contributed by atoms with Gasteiger partial charge in [-0.3, -0.25) is 9.59 Å². The molecule has 5 heteroatoms. The van der Waals surface area contributed by atoms with Crippen LogP contribution in [0.1, 0.15) is 31.4 Å². The lowest BCUT2D eigenvalue weighted by atomic mass is 10.0. The molecule has 0 bridgehead atoms. The zero-order valence-corrected chi connectivity index (χ0v) is 10.4. The minimum absolute atomic E-state index is 0.180. The molecule has 0 saturated carbocycles. The SMILES string of the molecule is CC(NC(=O)CCC(N)c1ccccc1)C(N)=O.